The summed E-state index contributed by atoms with van der Waals surface area (Å²) in [5, 5.41) is 7.70. The number of hydrogen-bond donors (Lipinski definition) is 1. The Morgan fingerprint density at radius 1 is 1.11 bits per heavy atom. The minimum absolute atomic E-state index is 0.124. The predicted octanol–water partition coefficient (Wildman–Crippen LogP) is 2.03. The zero-order valence-corrected chi connectivity index (χ0v) is 16.6. The molecule has 3 rings (SSSR count). The number of amides is 1. The second kappa shape index (κ2) is 8.86. The van der Waals surface area contributed by atoms with Gasteiger partial charge in [-0.1, -0.05) is 54.1 Å². The number of aromatic nitrogens is 3. The maximum atomic E-state index is 13.0. The Balaban J connectivity index is 1.99. The maximum Gasteiger partial charge on any atom is 0.351 e. The number of likely N-dealkylation sites (N-methyl/N-ethyl adjacent to an activating group) is 1. The van der Waals surface area contributed by atoms with Crippen LogP contribution < -0.4 is 11.0 Å². The van der Waals surface area contributed by atoms with Crippen molar-refractivity contribution in [3.63, 3.8) is 0 Å². The molecule has 7 nitrogen and oxygen atoms in total. The lowest BCUT2D eigenvalue weighted by Gasteiger charge is -2.11. The number of rotatable bonds is 7. The first-order valence-corrected chi connectivity index (χ1v) is 9.27. The van der Waals surface area contributed by atoms with Crippen molar-refractivity contribution in [1.82, 2.24) is 24.6 Å². The lowest BCUT2D eigenvalue weighted by atomic mass is 10.2. The van der Waals surface area contributed by atoms with E-state index in [0.717, 1.165) is 5.56 Å². The first-order valence-electron chi connectivity index (χ1n) is 8.89. The van der Waals surface area contributed by atoms with Crippen molar-refractivity contribution in [2.45, 2.75) is 6.54 Å². The Hall–Kier alpha value is -2.90. The van der Waals surface area contributed by atoms with E-state index in [0.29, 0.717) is 29.6 Å². The third-order valence-electron chi connectivity index (χ3n) is 4.16. The highest BCUT2D eigenvalue weighted by Crippen LogP contribution is 2.20. The second-order valence-electron chi connectivity index (χ2n) is 6.57. The molecule has 0 bridgehead atoms. The van der Waals surface area contributed by atoms with Crippen LogP contribution in [0.3, 0.4) is 0 Å². The topological polar surface area (TPSA) is 72.2 Å². The van der Waals surface area contributed by atoms with Gasteiger partial charge in [0.2, 0.25) is 5.91 Å². The molecular weight excluding hydrogens is 378 g/mol. The van der Waals surface area contributed by atoms with Gasteiger partial charge in [0.25, 0.3) is 0 Å². The van der Waals surface area contributed by atoms with Gasteiger partial charge in [-0.3, -0.25) is 9.36 Å². The molecule has 0 saturated carbocycles. The number of benzene rings is 2. The van der Waals surface area contributed by atoms with Crippen molar-refractivity contribution in [3.8, 4) is 17.1 Å². The van der Waals surface area contributed by atoms with Gasteiger partial charge in [0.15, 0.2) is 5.82 Å². The van der Waals surface area contributed by atoms with E-state index in [1.54, 1.807) is 24.3 Å². The fourth-order valence-corrected chi connectivity index (χ4v) is 2.95. The highest BCUT2D eigenvalue weighted by atomic mass is 35.5. The van der Waals surface area contributed by atoms with Crippen molar-refractivity contribution in [1.29, 1.82) is 0 Å². The quantitative estimate of drug-likeness (QED) is 0.659. The molecular formula is C20H22ClN5O2. The van der Waals surface area contributed by atoms with Crippen LogP contribution in [0.5, 0.6) is 0 Å². The molecule has 0 aliphatic carbocycles. The highest BCUT2D eigenvalue weighted by Gasteiger charge is 2.19. The SMILES string of the molecule is CN(C)CCNC(=O)Cn1c(-c2ccccc2)nn(-c2ccccc2Cl)c1=O. The van der Waals surface area contributed by atoms with Gasteiger partial charge >= 0.3 is 5.69 Å². The van der Waals surface area contributed by atoms with Crippen LogP contribution in [0.15, 0.2) is 59.4 Å². The summed E-state index contributed by atoms with van der Waals surface area (Å²) < 4.78 is 2.60. The first kappa shape index (κ1) is 19.9. The fourth-order valence-electron chi connectivity index (χ4n) is 2.74. The minimum Gasteiger partial charge on any atom is -0.353 e. The summed E-state index contributed by atoms with van der Waals surface area (Å²) in [6.07, 6.45) is 0. The van der Waals surface area contributed by atoms with E-state index in [4.69, 9.17) is 11.6 Å². The van der Waals surface area contributed by atoms with Gasteiger partial charge in [-0.05, 0) is 26.2 Å². The predicted molar refractivity (Wildman–Crippen MR) is 110 cm³/mol. The molecule has 1 N–H and O–H groups in total. The molecule has 1 heterocycles. The number of carbonyl (C=O) groups excluding carboxylic acids is 1. The van der Waals surface area contributed by atoms with Crippen LogP contribution in [0.4, 0.5) is 0 Å². The maximum absolute atomic E-state index is 13.0. The van der Waals surface area contributed by atoms with Gasteiger partial charge in [-0.25, -0.2) is 4.79 Å². The Kier molecular flexibility index (Phi) is 6.28. The average Bonchev–Trinajstić information content (AvgIpc) is 2.99. The van der Waals surface area contributed by atoms with E-state index in [-0.39, 0.29) is 12.5 Å². The van der Waals surface area contributed by atoms with Crippen LogP contribution in [-0.4, -0.2) is 52.3 Å². The lowest BCUT2D eigenvalue weighted by molar-refractivity contribution is -0.121. The number of halogens is 1. The molecule has 0 radical (unpaired) electrons. The summed E-state index contributed by atoms with van der Waals surface area (Å²) in [6, 6.07) is 16.3. The van der Waals surface area contributed by atoms with Gasteiger partial charge < -0.3 is 10.2 Å². The van der Waals surface area contributed by atoms with E-state index in [2.05, 4.69) is 10.4 Å². The summed E-state index contributed by atoms with van der Waals surface area (Å²) in [4.78, 5) is 27.4. The van der Waals surface area contributed by atoms with Crippen LogP contribution in [0, 0.1) is 0 Å². The third-order valence-corrected chi connectivity index (χ3v) is 4.48. The van der Waals surface area contributed by atoms with Crippen molar-refractivity contribution in [3.05, 3.63) is 70.1 Å². The Morgan fingerprint density at radius 2 is 1.79 bits per heavy atom. The standard InChI is InChI=1S/C20H22ClN5O2/c1-24(2)13-12-22-18(27)14-25-19(15-8-4-3-5-9-15)23-26(20(25)28)17-11-7-6-10-16(17)21/h3-11H,12-14H2,1-2H3,(H,22,27). The third kappa shape index (κ3) is 4.49. The zero-order chi connectivity index (χ0) is 20.1. The van der Waals surface area contributed by atoms with E-state index in [1.165, 1.54) is 9.25 Å². The molecule has 146 valence electrons. The number of nitrogens with one attached hydrogen (secondary N) is 1. The van der Waals surface area contributed by atoms with Crippen LogP contribution in [0.2, 0.25) is 5.02 Å². The molecule has 0 saturated heterocycles. The number of nitrogens with zero attached hydrogens (tertiary/aromatic N) is 4. The summed E-state index contributed by atoms with van der Waals surface area (Å²) in [7, 11) is 3.86. The van der Waals surface area contributed by atoms with Gasteiger partial charge in [-0.2, -0.15) is 4.68 Å². The number of carbonyl (C=O) groups is 1. The molecule has 8 heteroatoms. The molecule has 1 amide bonds. The second-order valence-corrected chi connectivity index (χ2v) is 6.98. The number of para-hydroxylation sites is 1. The molecule has 0 aliphatic heterocycles. The molecule has 0 fully saturated rings. The normalized spacial score (nSPS) is 11.0. The van der Waals surface area contributed by atoms with Crippen molar-refractivity contribution >= 4 is 17.5 Å². The highest BCUT2D eigenvalue weighted by molar-refractivity contribution is 6.32. The average molecular weight is 400 g/mol. The molecule has 0 atom stereocenters. The van der Waals surface area contributed by atoms with Crippen LogP contribution >= 0.6 is 11.6 Å². The van der Waals surface area contributed by atoms with E-state index in [9.17, 15) is 9.59 Å². The molecule has 0 unspecified atom stereocenters. The summed E-state index contributed by atoms with van der Waals surface area (Å²) in [5.74, 6) is 0.160. The number of hydrogen-bond acceptors (Lipinski definition) is 4. The molecule has 1 aromatic heterocycles. The summed E-state index contributed by atoms with van der Waals surface area (Å²) >= 11 is 6.25. The first-order chi connectivity index (χ1) is 13.5. The Labute approximate surface area is 168 Å². The van der Waals surface area contributed by atoms with Crippen LogP contribution in [0.25, 0.3) is 17.1 Å². The van der Waals surface area contributed by atoms with Gasteiger partial charge in [-0.15, -0.1) is 5.10 Å². The largest absolute Gasteiger partial charge is 0.353 e. The molecule has 28 heavy (non-hydrogen) atoms. The van der Waals surface area contributed by atoms with Gasteiger partial charge in [0, 0.05) is 18.7 Å². The van der Waals surface area contributed by atoms with Crippen molar-refractivity contribution < 1.29 is 4.79 Å². The molecule has 2 aromatic carbocycles. The van der Waals surface area contributed by atoms with E-state index in [1.807, 2.05) is 49.3 Å². The Bertz CT molecular complexity index is 1010. The minimum atomic E-state index is -0.422. The summed E-state index contributed by atoms with van der Waals surface area (Å²) in [6.45, 7) is 1.09. The Morgan fingerprint density at radius 3 is 2.46 bits per heavy atom. The zero-order valence-electron chi connectivity index (χ0n) is 15.8. The van der Waals surface area contributed by atoms with Crippen molar-refractivity contribution in [2.24, 2.45) is 0 Å². The van der Waals surface area contributed by atoms with Crippen LogP contribution in [-0.2, 0) is 11.3 Å². The smallest absolute Gasteiger partial charge is 0.351 e. The van der Waals surface area contributed by atoms with Gasteiger partial charge in [0.1, 0.15) is 6.54 Å². The van der Waals surface area contributed by atoms with Gasteiger partial charge in [0.05, 0.1) is 10.7 Å². The summed E-state index contributed by atoms with van der Waals surface area (Å²) in [5.41, 5.74) is 0.791. The van der Waals surface area contributed by atoms with E-state index >= 15 is 0 Å². The van der Waals surface area contributed by atoms with Crippen molar-refractivity contribution in [2.75, 3.05) is 27.2 Å². The fraction of sp³-hybridized carbons (Fsp3) is 0.250. The molecule has 0 spiro atoms. The molecule has 0 aliphatic rings. The van der Waals surface area contributed by atoms with E-state index < -0.39 is 5.69 Å². The molecule has 3 aromatic rings. The monoisotopic (exact) mass is 399 g/mol. The van der Waals surface area contributed by atoms with Crippen LogP contribution in [0.1, 0.15) is 0 Å². The lowest BCUT2D eigenvalue weighted by Crippen LogP contribution is -2.36.